The lowest BCUT2D eigenvalue weighted by molar-refractivity contribution is -0.120. The van der Waals surface area contributed by atoms with E-state index in [1.807, 2.05) is 6.07 Å². The third kappa shape index (κ3) is 7.22. The van der Waals surface area contributed by atoms with Crippen LogP contribution >= 0.6 is 0 Å². The molecular formula is C12H22N4O2. The van der Waals surface area contributed by atoms with Crippen molar-refractivity contribution >= 4 is 5.91 Å². The maximum atomic E-state index is 11.3. The highest BCUT2D eigenvalue weighted by Gasteiger charge is 2.09. The van der Waals surface area contributed by atoms with Crippen LogP contribution in [-0.4, -0.2) is 63.3 Å². The van der Waals surface area contributed by atoms with E-state index in [1.165, 1.54) is 0 Å². The number of nitrogens with zero attached hydrogens (tertiary/aromatic N) is 2. The van der Waals surface area contributed by atoms with Crippen LogP contribution in [0.15, 0.2) is 0 Å². The monoisotopic (exact) mass is 254 g/mol. The molecule has 1 aliphatic heterocycles. The maximum Gasteiger partial charge on any atom is 0.233 e. The van der Waals surface area contributed by atoms with Gasteiger partial charge in [0.2, 0.25) is 5.91 Å². The van der Waals surface area contributed by atoms with Gasteiger partial charge in [-0.2, -0.15) is 5.26 Å². The fourth-order valence-electron chi connectivity index (χ4n) is 1.77. The summed E-state index contributed by atoms with van der Waals surface area (Å²) in [6.07, 6.45) is 1.40. The first-order valence-electron chi connectivity index (χ1n) is 6.47. The number of carbonyl (C=O) groups is 1. The molecule has 0 aliphatic carbocycles. The third-order valence-corrected chi connectivity index (χ3v) is 2.78. The molecule has 1 aliphatic rings. The van der Waals surface area contributed by atoms with Crippen LogP contribution in [0.4, 0.5) is 0 Å². The third-order valence-electron chi connectivity index (χ3n) is 2.78. The van der Waals surface area contributed by atoms with Crippen LogP contribution in [0.1, 0.15) is 12.8 Å². The molecule has 0 spiro atoms. The van der Waals surface area contributed by atoms with E-state index >= 15 is 0 Å². The zero-order chi connectivity index (χ0) is 13.1. The summed E-state index contributed by atoms with van der Waals surface area (Å²) in [5.41, 5.74) is 0. The lowest BCUT2D eigenvalue weighted by Gasteiger charge is -2.26. The Hall–Kier alpha value is -1.16. The molecule has 2 N–H and O–H groups in total. The van der Waals surface area contributed by atoms with Gasteiger partial charge in [0, 0.05) is 19.6 Å². The number of carbonyl (C=O) groups excluding carboxylic acids is 1. The van der Waals surface area contributed by atoms with Gasteiger partial charge < -0.3 is 15.4 Å². The Balaban J connectivity index is 1.88. The summed E-state index contributed by atoms with van der Waals surface area (Å²) in [6, 6.07) is 1.98. The predicted octanol–water partition coefficient (Wildman–Crippen LogP) is -0.672. The summed E-state index contributed by atoms with van der Waals surface area (Å²) in [4.78, 5) is 13.6. The summed E-state index contributed by atoms with van der Waals surface area (Å²) in [7, 11) is 0. The first-order chi connectivity index (χ1) is 8.83. The Morgan fingerprint density at radius 1 is 1.33 bits per heavy atom. The molecule has 0 aromatic rings. The fraction of sp³-hybridized carbons (Fsp3) is 0.833. The normalized spacial score (nSPS) is 16.2. The molecule has 6 heteroatoms. The standard InChI is InChI=1S/C12H22N4O2/c13-3-1-5-15-12(17)11-14-4-2-6-16-7-9-18-10-8-16/h14H,1-2,4-11H2,(H,15,17). The van der Waals surface area contributed by atoms with Gasteiger partial charge in [0.05, 0.1) is 32.2 Å². The molecule has 1 saturated heterocycles. The molecule has 0 radical (unpaired) electrons. The number of hydrogen-bond acceptors (Lipinski definition) is 5. The average molecular weight is 254 g/mol. The van der Waals surface area contributed by atoms with E-state index in [0.717, 1.165) is 45.8 Å². The van der Waals surface area contributed by atoms with Crippen LogP contribution in [0.3, 0.4) is 0 Å². The van der Waals surface area contributed by atoms with E-state index in [2.05, 4.69) is 15.5 Å². The molecule has 0 aromatic heterocycles. The molecule has 0 saturated carbocycles. The van der Waals surface area contributed by atoms with Crippen molar-refractivity contribution in [1.82, 2.24) is 15.5 Å². The predicted molar refractivity (Wildman–Crippen MR) is 68.0 cm³/mol. The van der Waals surface area contributed by atoms with Gasteiger partial charge in [-0.05, 0) is 19.5 Å². The van der Waals surface area contributed by atoms with Crippen molar-refractivity contribution in [1.29, 1.82) is 5.26 Å². The SMILES string of the molecule is N#CCCNC(=O)CNCCCN1CCOCC1. The van der Waals surface area contributed by atoms with Crippen LogP contribution in [0.2, 0.25) is 0 Å². The lowest BCUT2D eigenvalue weighted by Crippen LogP contribution is -2.39. The fourth-order valence-corrected chi connectivity index (χ4v) is 1.77. The Morgan fingerprint density at radius 3 is 2.83 bits per heavy atom. The van der Waals surface area contributed by atoms with Gasteiger partial charge in [-0.1, -0.05) is 0 Å². The second-order valence-electron chi connectivity index (χ2n) is 4.24. The topological polar surface area (TPSA) is 77.4 Å². The van der Waals surface area contributed by atoms with Gasteiger partial charge in [0.1, 0.15) is 0 Å². The molecule has 0 aromatic carbocycles. The quantitative estimate of drug-likeness (QED) is 0.562. The zero-order valence-corrected chi connectivity index (χ0v) is 10.8. The summed E-state index contributed by atoms with van der Waals surface area (Å²) in [5, 5.41) is 14.1. The molecule has 1 fully saturated rings. The Bertz CT molecular complexity index is 272. The first kappa shape index (κ1) is 14.9. The summed E-state index contributed by atoms with van der Waals surface area (Å²) < 4.78 is 5.27. The largest absolute Gasteiger partial charge is 0.379 e. The minimum atomic E-state index is -0.0448. The highest BCUT2D eigenvalue weighted by atomic mass is 16.5. The zero-order valence-electron chi connectivity index (χ0n) is 10.8. The minimum absolute atomic E-state index is 0.0448. The molecule has 1 heterocycles. The van der Waals surface area contributed by atoms with E-state index in [1.54, 1.807) is 0 Å². The lowest BCUT2D eigenvalue weighted by atomic mass is 10.3. The number of rotatable bonds is 8. The van der Waals surface area contributed by atoms with Crippen molar-refractivity contribution in [3.8, 4) is 6.07 Å². The smallest absolute Gasteiger partial charge is 0.233 e. The molecule has 18 heavy (non-hydrogen) atoms. The number of morpholine rings is 1. The van der Waals surface area contributed by atoms with E-state index in [9.17, 15) is 4.79 Å². The maximum absolute atomic E-state index is 11.3. The molecule has 1 rings (SSSR count). The van der Waals surface area contributed by atoms with Crippen LogP contribution in [-0.2, 0) is 9.53 Å². The summed E-state index contributed by atoms with van der Waals surface area (Å²) in [5.74, 6) is -0.0448. The van der Waals surface area contributed by atoms with Gasteiger partial charge in [-0.3, -0.25) is 9.69 Å². The van der Waals surface area contributed by atoms with E-state index < -0.39 is 0 Å². The van der Waals surface area contributed by atoms with E-state index in [-0.39, 0.29) is 5.91 Å². The van der Waals surface area contributed by atoms with Gasteiger partial charge in [-0.15, -0.1) is 0 Å². The van der Waals surface area contributed by atoms with Crippen LogP contribution in [0, 0.1) is 11.3 Å². The Morgan fingerprint density at radius 2 is 2.11 bits per heavy atom. The van der Waals surface area contributed by atoms with Crippen molar-refractivity contribution in [2.75, 3.05) is 52.5 Å². The van der Waals surface area contributed by atoms with Crippen molar-refractivity contribution in [3.05, 3.63) is 0 Å². The number of amides is 1. The molecule has 0 unspecified atom stereocenters. The second kappa shape index (κ2) is 9.83. The summed E-state index contributed by atoms with van der Waals surface area (Å²) >= 11 is 0. The number of nitrogens with one attached hydrogen (secondary N) is 2. The molecule has 1 amide bonds. The van der Waals surface area contributed by atoms with Crippen molar-refractivity contribution in [2.24, 2.45) is 0 Å². The van der Waals surface area contributed by atoms with Crippen LogP contribution < -0.4 is 10.6 Å². The second-order valence-corrected chi connectivity index (χ2v) is 4.24. The molecular weight excluding hydrogens is 232 g/mol. The van der Waals surface area contributed by atoms with Crippen molar-refractivity contribution in [3.63, 3.8) is 0 Å². The van der Waals surface area contributed by atoms with Crippen LogP contribution in [0.25, 0.3) is 0 Å². The molecule has 0 atom stereocenters. The van der Waals surface area contributed by atoms with Gasteiger partial charge in [-0.25, -0.2) is 0 Å². The molecule has 102 valence electrons. The average Bonchev–Trinajstić information content (AvgIpc) is 2.40. The van der Waals surface area contributed by atoms with Crippen molar-refractivity contribution < 1.29 is 9.53 Å². The van der Waals surface area contributed by atoms with E-state index in [0.29, 0.717) is 19.5 Å². The highest BCUT2D eigenvalue weighted by molar-refractivity contribution is 5.77. The van der Waals surface area contributed by atoms with Gasteiger partial charge >= 0.3 is 0 Å². The van der Waals surface area contributed by atoms with Crippen LogP contribution in [0.5, 0.6) is 0 Å². The summed E-state index contributed by atoms with van der Waals surface area (Å²) in [6.45, 7) is 6.32. The van der Waals surface area contributed by atoms with E-state index in [4.69, 9.17) is 10.00 Å². The van der Waals surface area contributed by atoms with Crippen molar-refractivity contribution in [2.45, 2.75) is 12.8 Å². The number of nitriles is 1. The Labute approximate surface area is 108 Å². The first-order valence-corrected chi connectivity index (χ1v) is 6.47. The highest BCUT2D eigenvalue weighted by Crippen LogP contribution is 1.96. The molecule has 0 bridgehead atoms. The van der Waals surface area contributed by atoms with Gasteiger partial charge in [0.15, 0.2) is 0 Å². The number of ether oxygens (including phenoxy) is 1. The number of hydrogen-bond donors (Lipinski definition) is 2. The molecule has 6 nitrogen and oxygen atoms in total. The minimum Gasteiger partial charge on any atom is -0.379 e. The Kier molecular flexibility index (Phi) is 8.13. The van der Waals surface area contributed by atoms with Gasteiger partial charge in [0.25, 0.3) is 0 Å².